The number of carbonyl (C=O) groups is 2. The summed E-state index contributed by atoms with van der Waals surface area (Å²) in [5.41, 5.74) is 2.02. The van der Waals surface area contributed by atoms with Crippen molar-refractivity contribution in [1.29, 1.82) is 0 Å². The van der Waals surface area contributed by atoms with E-state index in [1.54, 1.807) is 30.3 Å². The van der Waals surface area contributed by atoms with Crippen LogP contribution in [0.1, 0.15) is 17.5 Å². The number of anilines is 1. The predicted octanol–water partition coefficient (Wildman–Crippen LogP) is 2.41. The number of ether oxygens (including phenoxy) is 1. The molecular formula is C18H17FN2O3. The van der Waals surface area contributed by atoms with E-state index in [-0.39, 0.29) is 30.7 Å². The number of nitrogens with one attached hydrogen (secondary N) is 2. The minimum Gasteiger partial charge on any atom is -0.482 e. The molecular weight excluding hydrogens is 311 g/mol. The molecule has 0 aliphatic carbocycles. The van der Waals surface area contributed by atoms with Crippen molar-refractivity contribution in [2.24, 2.45) is 0 Å². The third-order valence-corrected chi connectivity index (χ3v) is 3.75. The van der Waals surface area contributed by atoms with Gasteiger partial charge in [-0.2, -0.15) is 0 Å². The van der Waals surface area contributed by atoms with Gasteiger partial charge in [0.25, 0.3) is 5.91 Å². The molecule has 0 atom stereocenters. The highest BCUT2D eigenvalue weighted by Gasteiger charge is 2.16. The third kappa shape index (κ3) is 3.90. The molecule has 124 valence electrons. The van der Waals surface area contributed by atoms with Gasteiger partial charge in [0.2, 0.25) is 5.91 Å². The number of rotatable bonds is 5. The summed E-state index contributed by atoms with van der Waals surface area (Å²) in [6.07, 6.45) is 0.580. The smallest absolute Gasteiger partial charge is 0.262 e. The lowest BCUT2D eigenvalue weighted by Gasteiger charge is -2.18. The van der Waals surface area contributed by atoms with E-state index in [0.717, 1.165) is 5.56 Å². The standard InChI is InChI=1S/C18H17FN2O3/c19-14-4-2-1-3-13(14)6-8-17(22)20-10-12-5-7-15-16(9-12)24-11-18(23)21-15/h1-5,7,9H,6,8,10-11H2,(H,20,22)(H,21,23). The van der Waals surface area contributed by atoms with Crippen LogP contribution >= 0.6 is 0 Å². The van der Waals surface area contributed by atoms with Crippen molar-refractivity contribution in [2.75, 3.05) is 11.9 Å². The minimum absolute atomic E-state index is 0.00848. The largest absolute Gasteiger partial charge is 0.482 e. The maximum Gasteiger partial charge on any atom is 0.262 e. The van der Waals surface area contributed by atoms with E-state index in [0.29, 0.717) is 30.0 Å². The first-order valence-electron chi connectivity index (χ1n) is 7.67. The van der Waals surface area contributed by atoms with Gasteiger partial charge in [-0.15, -0.1) is 0 Å². The van der Waals surface area contributed by atoms with E-state index >= 15 is 0 Å². The monoisotopic (exact) mass is 328 g/mol. The van der Waals surface area contributed by atoms with Gasteiger partial charge < -0.3 is 15.4 Å². The number of halogens is 1. The molecule has 1 aliphatic rings. The summed E-state index contributed by atoms with van der Waals surface area (Å²) in [5, 5.41) is 5.51. The molecule has 0 saturated carbocycles. The van der Waals surface area contributed by atoms with Gasteiger partial charge in [-0.05, 0) is 35.7 Å². The molecule has 6 heteroatoms. The Morgan fingerprint density at radius 2 is 2.08 bits per heavy atom. The molecule has 0 saturated heterocycles. The molecule has 24 heavy (non-hydrogen) atoms. The Morgan fingerprint density at radius 3 is 2.92 bits per heavy atom. The maximum absolute atomic E-state index is 13.5. The quantitative estimate of drug-likeness (QED) is 0.886. The number of amides is 2. The second-order valence-electron chi connectivity index (χ2n) is 5.54. The van der Waals surface area contributed by atoms with Crippen molar-refractivity contribution in [1.82, 2.24) is 5.32 Å². The summed E-state index contributed by atoms with van der Waals surface area (Å²) in [6.45, 7) is 0.339. The van der Waals surface area contributed by atoms with Gasteiger partial charge in [-0.3, -0.25) is 9.59 Å². The molecule has 1 heterocycles. The summed E-state index contributed by atoms with van der Waals surface area (Å²) >= 11 is 0. The molecule has 2 aromatic rings. The topological polar surface area (TPSA) is 67.4 Å². The summed E-state index contributed by atoms with van der Waals surface area (Å²) in [4.78, 5) is 23.1. The summed E-state index contributed by atoms with van der Waals surface area (Å²) in [6, 6.07) is 11.8. The van der Waals surface area contributed by atoms with E-state index < -0.39 is 0 Å². The number of carbonyl (C=O) groups excluding carboxylic acids is 2. The third-order valence-electron chi connectivity index (χ3n) is 3.75. The van der Waals surface area contributed by atoms with Crippen LogP contribution in [0.3, 0.4) is 0 Å². The lowest BCUT2D eigenvalue weighted by molar-refractivity contribution is -0.121. The van der Waals surface area contributed by atoms with Crippen molar-refractivity contribution in [3.05, 3.63) is 59.4 Å². The molecule has 2 N–H and O–H groups in total. The van der Waals surface area contributed by atoms with Crippen molar-refractivity contribution < 1.29 is 18.7 Å². The van der Waals surface area contributed by atoms with Gasteiger partial charge in [0.05, 0.1) is 5.69 Å². The molecule has 0 aromatic heterocycles. The Balaban J connectivity index is 1.51. The van der Waals surface area contributed by atoms with Crippen LogP contribution < -0.4 is 15.4 Å². The lowest BCUT2D eigenvalue weighted by Crippen LogP contribution is -2.26. The van der Waals surface area contributed by atoms with E-state index in [9.17, 15) is 14.0 Å². The highest BCUT2D eigenvalue weighted by atomic mass is 19.1. The molecule has 0 radical (unpaired) electrons. The zero-order valence-corrected chi connectivity index (χ0v) is 13.0. The van der Waals surface area contributed by atoms with Crippen molar-refractivity contribution >= 4 is 17.5 Å². The predicted molar refractivity (Wildman–Crippen MR) is 87.1 cm³/mol. The van der Waals surface area contributed by atoms with Crippen LogP contribution in [0, 0.1) is 5.82 Å². The first kappa shape index (κ1) is 16.0. The highest BCUT2D eigenvalue weighted by Crippen LogP contribution is 2.28. The van der Waals surface area contributed by atoms with Gasteiger partial charge in [0, 0.05) is 13.0 Å². The van der Waals surface area contributed by atoms with E-state index in [4.69, 9.17) is 4.74 Å². The van der Waals surface area contributed by atoms with Crippen molar-refractivity contribution in [2.45, 2.75) is 19.4 Å². The summed E-state index contributed by atoms with van der Waals surface area (Å²) in [7, 11) is 0. The molecule has 1 aliphatic heterocycles. The van der Waals surface area contributed by atoms with E-state index in [1.165, 1.54) is 6.07 Å². The van der Waals surface area contributed by atoms with E-state index in [1.807, 2.05) is 6.07 Å². The lowest BCUT2D eigenvalue weighted by atomic mass is 10.1. The maximum atomic E-state index is 13.5. The Labute approximate surface area is 138 Å². The van der Waals surface area contributed by atoms with Crippen LogP contribution in [-0.2, 0) is 22.6 Å². The Kier molecular flexibility index (Phi) is 4.74. The number of hydrogen-bond acceptors (Lipinski definition) is 3. The van der Waals surface area contributed by atoms with Crippen molar-refractivity contribution in [3.8, 4) is 5.75 Å². The second-order valence-corrected chi connectivity index (χ2v) is 5.54. The fourth-order valence-corrected chi connectivity index (χ4v) is 2.47. The van der Waals surface area contributed by atoms with Gasteiger partial charge >= 0.3 is 0 Å². The molecule has 2 aromatic carbocycles. The van der Waals surface area contributed by atoms with Gasteiger partial charge in [-0.1, -0.05) is 24.3 Å². The number of hydrogen-bond donors (Lipinski definition) is 2. The molecule has 0 bridgehead atoms. The Morgan fingerprint density at radius 1 is 1.25 bits per heavy atom. The van der Waals surface area contributed by atoms with Gasteiger partial charge in [0.15, 0.2) is 6.61 Å². The Hall–Kier alpha value is -2.89. The van der Waals surface area contributed by atoms with Gasteiger partial charge in [-0.25, -0.2) is 4.39 Å². The first-order chi connectivity index (χ1) is 11.6. The van der Waals surface area contributed by atoms with Crippen LogP contribution in [0.25, 0.3) is 0 Å². The highest BCUT2D eigenvalue weighted by molar-refractivity contribution is 5.95. The number of aryl methyl sites for hydroxylation is 1. The second kappa shape index (κ2) is 7.12. The van der Waals surface area contributed by atoms with Crippen LogP contribution in [0.4, 0.5) is 10.1 Å². The molecule has 2 amide bonds. The normalized spacial score (nSPS) is 12.8. The molecule has 5 nitrogen and oxygen atoms in total. The zero-order chi connectivity index (χ0) is 16.9. The molecule has 0 fully saturated rings. The SMILES string of the molecule is O=C(CCc1ccccc1F)NCc1ccc2c(c1)OCC(=O)N2. The minimum atomic E-state index is -0.292. The number of benzene rings is 2. The first-order valence-corrected chi connectivity index (χ1v) is 7.67. The average Bonchev–Trinajstić information content (AvgIpc) is 2.59. The summed E-state index contributed by atoms with van der Waals surface area (Å²) < 4.78 is 18.8. The van der Waals surface area contributed by atoms with Crippen LogP contribution in [0.2, 0.25) is 0 Å². The number of fused-ring (bicyclic) bond motifs is 1. The van der Waals surface area contributed by atoms with Crippen LogP contribution in [0.5, 0.6) is 5.75 Å². The van der Waals surface area contributed by atoms with Crippen molar-refractivity contribution in [3.63, 3.8) is 0 Å². The fraction of sp³-hybridized carbons (Fsp3) is 0.222. The molecule has 3 rings (SSSR count). The van der Waals surface area contributed by atoms with Gasteiger partial charge in [0.1, 0.15) is 11.6 Å². The van der Waals surface area contributed by atoms with Crippen LogP contribution in [0.15, 0.2) is 42.5 Å². The van der Waals surface area contributed by atoms with E-state index in [2.05, 4.69) is 10.6 Å². The zero-order valence-electron chi connectivity index (χ0n) is 13.0. The average molecular weight is 328 g/mol. The molecule has 0 spiro atoms. The van der Waals surface area contributed by atoms with Crippen LogP contribution in [-0.4, -0.2) is 18.4 Å². The fourth-order valence-electron chi connectivity index (χ4n) is 2.47. The molecule has 0 unspecified atom stereocenters. The summed E-state index contributed by atoms with van der Waals surface area (Å²) in [5.74, 6) is -0.0335. The Bertz CT molecular complexity index is 777.